The quantitative estimate of drug-likeness (QED) is 0.813. The van der Waals surface area contributed by atoms with Gasteiger partial charge in [-0.1, -0.05) is 0 Å². The Labute approximate surface area is 101 Å². The summed E-state index contributed by atoms with van der Waals surface area (Å²) in [6.45, 7) is 1.49. The third kappa shape index (κ3) is 2.15. The number of nitriles is 1. The summed E-state index contributed by atoms with van der Waals surface area (Å²) in [6, 6.07) is 4.27. The van der Waals surface area contributed by atoms with Crippen LogP contribution in [0, 0.1) is 24.1 Å². The molecule has 1 aromatic heterocycles. The zero-order chi connectivity index (χ0) is 13.1. The van der Waals surface area contributed by atoms with Crippen molar-refractivity contribution in [3.05, 3.63) is 34.9 Å². The van der Waals surface area contributed by atoms with Crippen LogP contribution in [0.15, 0.2) is 12.1 Å². The van der Waals surface area contributed by atoms with E-state index in [0.29, 0.717) is 0 Å². The maximum Gasteiger partial charge on any atom is 0.297 e. The topological polar surface area (TPSA) is 107 Å². The van der Waals surface area contributed by atoms with Gasteiger partial charge in [-0.15, -0.1) is 10.2 Å². The zero-order valence-corrected chi connectivity index (χ0v) is 9.23. The van der Waals surface area contributed by atoms with E-state index in [1.807, 2.05) is 0 Å². The Bertz CT molecular complexity index is 631. The Balaban J connectivity index is 2.32. The van der Waals surface area contributed by atoms with Crippen molar-refractivity contribution in [2.45, 2.75) is 6.92 Å². The lowest BCUT2D eigenvalue weighted by atomic mass is 10.1. The summed E-state index contributed by atoms with van der Waals surface area (Å²) in [5, 5.41) is 23.5. The lowest BCUT2D eigenvalue weighted by molar-refractivity contribution is 0.101. The van der Waals surface area contributed by atoms with E-state index < -0.39 is 11.7 Å². The number of nitrogens with zero attached hydrogens (tertiary/aromatic N) is 4. The van der Waals surface area contributed by atoms with Gasteiger partial charge in [-0.2, -0.15) is 10.5 Å². The number of aromatic amines is 1. The van der Waals surface area contributed by atoms with E-state index in [2.05, 4.69) is 25.9 Å². The van der Waals surface area contributed by atoms with E-state index in [9.17, 15) is 9.18 Å². The predicted octanol–water partition coefficient (Wildman–Crippen LogP) is 0.771. The summed E-state index contributed by atoms with van der Waals surface area (Å²) in [4.78, 5) is 11.6. The Hall–Kier alpha value is -2.82. The molecule has 7 nitrogen and oxygen atoms in total. The first-order valence-electron chi connectivity index (χ1n) is 4.87. The fourth-order valence-corrected chi connectivity index (χ4v) is 1.31. The molecule has 8 heteroatoms. The first-order valence-corrected chi connectivity index (χ1v) is 4.87. The number of H-pyrrole nitrogens is 1. The minimum Gasteiger partial charge on any atom is -0.319 e. The molecule has 0 radical (unpaired) electrons. The third-order valence-corrected chi connectivity index (χ3v) is 2.27. The molecule has 0 saturated carbocycles. The summed E-state index contributed by atoms with van der Waals surface area (Å²) in [6.07, 6.45) is 0. The summed E-state index contributed by atoms with van der Waals surface area (Å²) in [5.74, 6) is -1.38. The van der Waals surface area contributed by atoms with Gasteiger partial charge < -0.3 is 5.32 Å². The van der Waals surface area contributed by atoms with Crippen LogP contribution in [-0.2, 0) is 0 Å². The zero-order valence-electron chi connectivity index (χ0n) is 9.23. The van der Waals surface area contributed by atoms with Gasteiger partial charge in [-0.25, -0.2) is 4.39 Å². The second kappa shape index (κ2) is 4.58. The Morgan fingerprint density at radius 1 is 1.56 bits per heavy atom. The Morgan fingerprint density at radius 3 is 2.94 bits per heavy atom. The van der Waals surface area contributed by atoms with Gasteiger partial charge in [0.25, 0.3) is 11.7 Å². The summed E-state index contributed by atoms with van der Waals surface area (Å²) in [7, 11) is 0. The van der Waals surface area contributed by atoms with Crippen LogP contribution >= 0.6 is 0 Å². The standard InChI is InChI=1S/C10H7FN6O/c1-5-7(11)2-6(4-12)3-8(5)13-10(18)9-14-16-17-15-9/h2-3H,1H3,(H,13,18)(H,14,15,16,17). The molecule has 0 aliphatic carbocycles. The van der Waals surface area contributed by atoms with Crippen LogP contribution in [0.2, 0.25) is 0 Å². The molecule has 1 amide bonds. The molecule has 90 valence electrons. The number of halogens is 1. The molecule has 1 heterocycles. The number of hydrogen-bond donors (Lipinski definition) is 2. The molecule has 0 atom stereocenters. The van der Waals surface area contributed by atoms with Crippen molar-refractivity contribution < 1.29 is 9.18 Å². The van der Waals surface area contributed by atoms with Gasteiger partial charge in [-0.05, 0) is 24.3 Å². The molecule has 2 aromatic rings. The maximum absolute atomic E-state index is 13.5. The number of carbonyl (C=O) groups excluding carboxylic acids is 1. The fraction of sp³-hybridized carbons (Fsp3) is 0.100. The first-order chi connectivity index (χ1) is 8.61. The van der Waals surface area contributed by atoms with Crippen LogP contribution in [0.25, 0.3) is 0 Å². The third-order valence-electron chi connectivity index (χ3n) is 2.27. The van der Waals surface area contributed by atoms with Gasteiger partial charge in [0.1, 0.15) is 5.82 Å². The number of rotatable bonds is 2. The molecule has 0 aliphatic rings. The number of benzene rings is 1. The van der Waals surface area contributed by atoms with E-state index in [1.54, 1.807) is 6.07 Å². The number of amides is 1. The van der Waals surface area contributed by atoms with Crippen molar-refractivity contribution in [2.24, 2.45) is 0 Å². The van der Waals surface area contributed by atoms with Gasteiger partial charge in [0, 0.05) is 11.3 Å². The molecule has 2 rings (SSSR count). The monoisotopic (exact) mass is 246 g/mol. The number of carbonyl (C=O) groups is 1. The van der Waals surface area contributed by atoms with Gasteiger partial charge in [0.2, 0.25) is 0 Å². The highest BCUT2D eigenvalue weighted by atomic mass is 19.1. The molecular formula is C10H7FN6O. The summed E-state index contributed by atoms with van der Waals surface area (Å²) >= 11 is 0. The van der Waals surface area contributed by atoms with E-state index in [1.165, 1.54) is 13.0 Å². The van der Waals surface area contributed by atoms with Gasteiger partial charge in [0.15, 0.2) is 0 Å². The number of hydrogen-bond acceptors (Lipinski definition) is 5. The summed E-state index contributed by atoms with van der Waals surface area (Å²) in [5.41, 5.74) is 0.536. The van der Waals surface area contributed by atoms with E-state index in [0.717, 1.165) is 6.07 Å². The average Bonchev–Trinajstić information content (AvgIpc) is 2.88. The van der Waals surface area contributed by atoms with Gasteiger partial charge in [0.05, 0.1) is 11.6 Å². The highest BCUT2D eigenvalue weighted by Gasteiger charge is 2.14. The smallest absolute Gasteiger partial charge is 0.297 e. The van der Waals surface area contributed by atoms with Crippen molar-refractivity contribution in [1.82, 2.24) is 20.6 Å². The number of nitrogens with one attached hydrogen (secondary N) is 2. The molecule has 0 fully saturated rings. The van der Waals surface area contributed by atoms with Crippen LogP contribution in [-0.4, -0.2) is 26.5 Å². The minimum atomic E-state index is -0.638. The second-order valence-corrected chi connectivity index (χ2v) is 3.43. The number of tetrazole rings is 1. The molecular weight excluding hydrogens is 239 g/mol. The number of anilines is 1. The second-order valence-electron chi connectivity index (χ2n) is 3.43. The molecule has 0 unspecified atom stereocenters. The van der Waals surface area contributed by atoms with Crippen LogP contribution in [0.5, 0.6) is 0 Å². The normalized spacial score (nSPS) is 9.83. The SMILES string of the molecule is Cc1c(F)cc(C#N)cc1NC(=O)c1nn[nH]n1. The molecule has 18 heavy (non-hydrogen) atoms. The lowest BCUT2D eigenvalue weighted by Gasteiger charge is -2.07. The lowest BCUT2D eigenvalue weighted by Crippen LogP contribution is -2.15. The van der Waals surface area contributed by atoms with Crippen molar-refractivity contribution >= 4 is 11.6 Å². The van der Waals surface area contributed by atoms with Crippen LogP contribution in [0.3, 0.4) is 0 Å². The maximum atomic E-state index is 13.5. The molecule has 0 saturated heterocycles. The average molecular weight is 246 g/mol. The molecule has 2 N–H and O–H groups in total. The fourth-order valence-electron chi connectivity index (χ4n) is 1.31. The largest absolute Gasteiger partial charge is 0.319 e. The molecule has 0 spiro atoms. The number of aromatic nitrogens is 4. The van der Waals surface area contributed by atoms with Crippen LogP contribution in [0.4, 0.5) is 10.1 Å². The van der Waals surface area contributed by atoms with Crippen molar-refractivity contribution in [3.8, 4) is 6.07 Å². The Kier molecular flexibility index (Phi) is 2.97. The predicted molar refractivity (Wildman–Crippen MR) is 58.0 cm³/mol. The van der Waals surface area contributed by atoms with Crippen LogP contribution in [0.1, 0.15) is 21.7 Å². The Morgan fingerprint density at radius 2 is 2.33 bits per heavy atom. The minimum absolute atomic E-state index is 0.113. The molecule has 0 bridgehead atoms. The van der Waals surface area contributed by atoms with E-state index in [4.69, 9.17) is 5.26 Å². The van der Waals surface area contributed by atoms with Crippen molar-refractivity contribution in [1.29, 1.82) is 5.26 Å². The van der Waals surface area contributed by atoms with Gasteiger partial charge >= 0.3 is 0 Å². The molecule has 1 aromatic carbocycles. The van der Waals surface area contributed by atoms with Crippen LogP contribution < -0.4 is 5.32 Å². The van der Waals surface area contributed by atoms with E-state index >= 15 is 0 Å². The summed E-state index contributed by atoms with van der Waals surface area (Å²) < 4.78 is 13.5. The van der Waals surface area contributed by atoms with Gasteiger partial charge in [-0.3, -0.25) is 4.79 Å². The molecule has 0 aliphatic heterocycles. The highest BCUT2D eigenvalue weighted by Crippen LogP contribution is 2.20. The van der Waals surface area contributed by atoms with Crippen molar-refractivity contribution in [2.75, 3.05) is 5.32 Å². The highest BCUT2D eigenvalue weighted by molar-refractivity contribution is 6.01. The first kappa shape index (κ1) is 11.7. The van der Waals surface area contributed by atoms with Crippen molar-refractivity contribution in [3.63, 3.8) is 0 Å². The van der Waals surface area contributed by atoms with E-state index in [-0.39, 0.29) is 22.6 Å².